The van der Waals surface area contributed by atoms with Crippen LogP contribution in [0.5, 0.6) is 0 Å². The minimum absolute atomic E-state index is 0. The van der Waals surface area contributed by atoms with E-state index in [9.17, 15) is 10.2 Å². The average molecular weight is 567 g/mol. The van der Waals surface area contributed by atoms with Crippen molar-refractivity contribution in [2.24, 2.45) is 11.8 Å². The quantitative estimate of drug-likeness (QED) is 0.415. The molecule has 0 bridgehead atoms. The normalized spacial score (nSPS) is 25.1. The van der Waals surface area contributed by atoms with Gasteiger partial charge in [0.1, 0.15) is 0 Å². The monoisotopic (exact) mass is 567 g/mol. The Morgan fingerprint density at radius 2 is 1.59 bits per heavy atom. The van der Waals surface area contributed by atoms with Crippen molar-refractivity contribution in [1.82, 2.24) is 4.98 Å². The fourth-order valence-electron chi connectivity index (χ4n) is 4.82. The number of aromatic nitrogens is 1. The van der Waals surface area contributed by atoms with Crippen LogP contribution in [0.4, 0.5) is 0 Å². The molecule has 2 saturated carbocycles. The molecule has 2 aliphatic rings. The molecule has 2 atom stereocenters. The van der Waals surface area contributed by atoms with Crippen molar-refractivity contribution < 1.29 is 30.3 Å². The molecule has 155 valence electrons. The SMILES string of the molecule is Cc1[c-]c(-c2ccc3ccccc3n2)cc(C)c1.OC1CCC2CCC(O)C12.[Ir]. The van der Waals surface area contributed by atoms with Crippen LogP contribution < -0.4 is 0 Å². The predicted octanol–water partition coefficient (Wildman–Crippen LogP) is 4.84. The molecule has 0 amide bonds. The molecule has 0 aliphatic heterocycles. The molecule has 2 aromatic carbocycles. The molecule has 3 nitrogen and oxygen atoms in total. The van der Waals surface area contributed by atoms with E-state index < -0.39 is 0 Å². The van der Waals surface area contributed by atoms with Gasteiger partial charge in [-0.15, -0.1) is 34.9 Å². The van der Waals surface area contributed by atoms with Crippen molar-refractivity contribution in [3.63, 3.8) is 0 Å². The van der Waals surface area contributed by atoms with Gasteiger partial charge in [0.25, 0.3) is 0 Å². The second kappa shape index (κ2) is 9.49. The van der Waals surface area contributed by atoms with Gasteiger partial charge in [0.2, 0.25) is 0 Å². The Morgan fingerprint density at radius 3 is 2.24 bits per heavy atom. The smallest absolute Gasteiger partial charge is 0.0595 e. The number of rotatable bonds is 1. The molecule has 1 heterocycles. The summed E-state index contributed by atoms with van der Waals surface area (Å²) < 4.78 is 0. The van der Waals surface area contributed by atoms with Gasteiger partial charge >= 0.3 is 0 Å². The Labute approximate surface area is 186 Å². The minimum Gasteiger partial charge on any atom is -0.393 e. The Bertz CT molecular complexity index is 940. The zero-order valence-corrected chi connectivity index (χ0v) is 19.3. The first kappa shape index (κ1) is 22.1. The van der Waals surface area contributed by atoms with Gasteiger partial charge in [-0.1, -0.05) is 44.2 Å². The molecule has 2 aliphatic carbocycles. The number of para-hydroxylation sites is 1. The van der Waals surface area contributed by atoms with Gasteiger partial charge in [0.05, 0.1) is 17.7 Å². The zero-order chi connectivity index (χ0) is 19.7. The second-order valence-corrected chi connectivity index (χ2v) is 8.27. The third-order valence-electron chi connectivity index (χ3n) is 6.12. The minimum atomic E-state index is -0.206. The third kappa shape index (κ3) is 4.95. The van der Waals surface area contributed by atoms with Crippen LogP contribution >= 0.6 is 0 Å². The summed E-state index contributed by atoms with van der Waals surface area (Å²) in [6.07, 6.45) is 3.66. The first-order chi connectivity index (χ1) is 13.5. The van der Waals surface area contributed by atoms with Gasteiger partial charge in [-0.3, -0.25) is 4.98 Å². The van der Waals surface area contributed by atoms with E-state index in [1.54, 1.807) is 0 Å². The van der Waals surface area contributed by atoms with Crippen LogP contribution in [0, 0.1) is 31.7 Å². The van der Waals surface area contributed by atoms with Crippen molar-refractivity contribution >= 4 is 10.9 Å². The van der Waals surface area contributed by atoms with Crippen molar-refractivity contribution in [3.8, 4) is 11.3 Å². The molecular weight excluding hydrogens is 538 g/mol. The van der Waals surface area contributed by atoms with Crippen LogP contribution in [0.15, 0.2) is 48.5 Å². The summed E-state index contributed by atoms with van der Waals surface area (Å²) in [4.78, 5) is 4.70. The van der Waals surface area contributed by atoms with E-state index >= 15 is 0 Å². The van der Waals surface area contributed by atoms with Crippen molar-refractivity contribution in [2.45, 2.75) is 51.7 Å². The van der Waals surface area contributed by atoms with E-state index in [1.807, 2.05) is 18.2 Å². The van der Waals surface area contributed by atoms with Crippen LogP contribution in [0.1, 0.15) is 36.8 Å². The van der Waals surface area contributed by atoms with Gasteiger partial charge in [0, 0.05) is 26.0 Å². The van der Waals surface area contributed by atoms with E-state index in [0.29, 0.717) is 5.92 Å². The molecule has 0 saturated heterocycles. The maximum atomic E-state index is 9.41. The Kier molecular flexibility index (Phi) is 7.23. The Balaban J connectivity index is 0.000000186. The molecule has 2 unspecified atom stereocenters. The summed E-state index contributed by atoms with van der Waals surface area (Å²) in [6.45, 7) is 4.17. The number of nitrogens with zero attached hydrogens (tertiary/aromatic N) is 1. The van der Waals surface area contributed by atoms with E-state index in [4.69, 9.17) is 4.98 Å². The number of benzene rings is 2. The van der Waals surface area contributed by atoms with Crippen LogP contribution in [0.3, 0.4) is 0 Å². The first-order valence-corrected chi connectivity index (χ1v) is 10.2. The van der Waals surface area contributed by atoms with Gasteiger partial charge in [-0.25, -0.2) is 0 Å². The fourth-order valence-corrected chi connectivity index (χ4v) is 4.82. The summed E-state index contributed by atoms with van der Waals surface area (Å²) >= 11 is 0. The fraction of sp³-hybridized carbons (Fsp3) is 0.400. The molecule has 2 fully saturated rings. The second-order valence-electron chi connectivity index (χ2n) is 8.27. The number of pyridine rings is 1. The number of aryl methyl sites for hydroxylation is 2. The summed E-state index contributed by atoms with van der Waals surface area (Å²) in [5.74, 6) is 0.852. The number of hydrogen-bond donors (Lipinski definition) is 2. The van der Waals surface area contributed by atoms with Gasteiger partial charge in [-0.05, 0) is 48.7 Å². The molecular formula is C25H28IrNO2-. The molecule has 2 N–H and O–H groups in total. The number of aliphatic hydroxyl groups is 2. The van der Waals surface area contributed by atoms with Gasteiger partial charge < -0.3 is 10.2 Å². The summed E-state index contributed by atoms with van der Waals surface area (Å²) in [7, 11) is 0. The standard InChI is InChI=1S/C17H14N.C8H14O2.Ir/c1-12-9-13(2)11-15(10-12)17-8-7-14-5-3-4-6-16(14)18-17;9-6-3-1-5-2-4-7(10)8(5)6;/h3-10H,1-2H3;5-10H,1-4H2;/q-1;;. The largest absolute Gasteiger partial charge is 0.393 e. The maximum absolute atomic E-state index is 9.41. The van der Waals surface area contributed by atoms with Gasteiger partial charge in [-0.2, -0.15) is 0 Å². The summed E-state index contributed by atoms with van der Waals surface area (Å²) in [5, 5.41) is 20.0. The third-order valence-corrected chi connectivity index (χ3v) is 6.12. The number of aliphatic hydroxyl groups excluding tert-OH is 2. The molecule has 5 rings (SSSR count). The van der Waals surface area contributed by atoms with Crippen LogP contribution in [0.2, 0.25) is 0 Å². The van der Waals surface area contributed by atoms with Crippen molar-refractivity contribution in [2.75, 3.05) is 0 Å². The zero-order valence-electron chi connectivity index (χ0n) is 16.9. The van der Waals surface area contributed by atoms with E-state index in [2.05, 4.69) is 50.2 Å². The topological polar surface area (TPSA) is 53.4 Å². The van der Waals surface area contributed by atoms with Gasteiger partial charge in [0.15, 0.2) is 0 Å². The Morgan fingerprint density at radius 1 is 0.897 bits per heavy atom. The van der Waals surface area contributed by atoms with E-state index in [0.717, 1.165) is 48.0 Å². The number of hydrogen-bond acceptors (Lipinski definition) is 3. The molecule has 1 radical (unpaired) electrons. The van der Waals surface area contributed by atoms with Crippen LogP contribution in [-0.4, -0.2) is 27.4 Å². The average Bonchev–Trinajstić information content (AvgIpc) is 3.24. The molecule has 1 aromatic heterocycles. The maximum Gasteiger partial charge on any atom is 0.0595 e. The molecule has 0 spiro atoms. The molecule has 29 heavy (non-hydrogen) atoms. The van der Waals surface area contributed by atoms with E-state index in [-0.39, 0.29) is 38.2 Å². The van der Waals surface area contributed by atoms with Crippen molar-refractivity contribution in [3.05, 3.63) is 65.7 Å². The Hall–Kier alpha value is -1.58. The molecule has 4 heteroatoms. The first-order valence-electron chi connectivity index (χ1n) is 10.2. The van der Waals surface area contributed by atoms with Crippen molar-refractivity contribution in [1.29, 1.82) is 0 Å². The summed E-state index contributed by atoms with van der Waals surface area (Å²) in [5.41, 5.74) is 5.48. The number of fused-ring (bicyclic) bond motifs is 2. The van der Waals surface area contributed by atoms with E-state index in [1.165, 1.54) is 10.9 Å². The predicted molar refractivity (Wildman–Crippen MR) is 113 cm³/mol. The van der Waals surface area contributed by atoms with Crippen LogP contribution in [-0.2, 0) is 20.1 Å². The summed E-state index contributed by atoms with van der Waals surface area (Å²) in [6, 6.07) is 20.0. The van der Waals surface area contributed by atoms with Crippen LogP contribution in [0.25, 0.3) is 22.2 Å². The molecule has 3 aromatic rings.